The minimum absolute atomic E-state index is 0.776. The van der Waals surface area contributed by atoms with Gasteiger partial charge in [-0.3, -0.25) is 0 Å². The molecule has 0 amide bonds. The third-order valence-corrected chi connectivity index (χ3v) is 3.87. The van der Waals surface area contributed by atoms with Crippen molar-refractivity contribution in [2.45, 2.75) is 6.92 Å². The van der Waals surface area contributed by atoms with Crippen LogP contribution in [0.2, 0.25) is 0 Å². The Hall–Kier alpha value is -2.13. The van der Waals surface area contributed by atoms with Crippen molar-refractivity contribution < 1.29 is 0 Å². The van der Waals surface area contributed by atoms with Crippen molar-refractivity contribution >= 4 is 17.0 Å². The Morgan fingerprint density at radius 1 is 1.00 bits per heavy atom. The summed E-state index contributed by atoms with van der Waals surface area (Å²) in [6, 6.07) is 16.2. The second kappa shape index (κ2) is 4.86. The highest BCUT2D eigenvalue weighted by molar-refractivity contribution is 7.13. The lowest BCUT2D eigenvalue weighted by atomic mass is 10.1. The van der Waals surface area contributed by atoms with Gasteiger partial charge in [-0.15, -0.1) is 11.3 Å². The number of aryl methyl sites for hydroxylation is 1. The highest BCUT2D eigenvalue weighted by Crippen LogP contribution is 2.29. The molecule has 0 spiro atoms. The number of rotatable bonds is 2. The van der Waals surface area contributed by atoms with Gasteiger partial charge in [-0.2, -0.15) is 0 Å². The maximum atomic E-state index is 5.70. The molecule has 0 aliphatic rings. The van der Waals surface area contributed by atoms with Gasteiger partial charge in [-0.25, -0.2) is 4.98 Å². The summed E-state index contributed by atoms with van der Waals surface area (Å²) in [4.78, 5) is 4.70. The predicted octanol–water partition coefficient (Wildman–Crippen LogP) is 4.37. The van der Waals surface area contributed by atoms with Crippen LogP contribution in [0.1, 0.15) is 5.56 Å². The van der Waals surface area contributed by atoms with Gasteiger partial charge >= 0.3 is 0 Å². The number of hydrogen-bond donors (Lipinski definition) is 1. The molecule has 0 bridgehead atoms. The molecule has 0 radical (unpaired) electrons. The maximum Gasteiger partial charge on any atom is 0.124 e. The first kappa shape index (κ1) is 11.9. The van der Waals surface area contributed by atoms with Gasteiger partial charge < -0.3 is 5.73 Å². The minimum atomic E-state index is 0.776. The molecule has 3 aromatic rings. The summed E-state index contributed by atoms with van der Waals surface area (Å²) in [5, 5.41) is 3.14. The van der Waals surface area contributed by atoms with Crippen molar-refractivity contribution in [3.8, 4) is 21.8 Å². The molecule has 2 aromatic carbocycles. The molecule has 0 aliphatic heterocycles. The normalized spacial score (nSPS) is 10.6. The van der Waals surface area contributed by atoms with Gasteiger partial charge in [-0.05, 0) is 25.1 Å². The third-order valence-electron chi connectivity index (χ3n) is 2.98. The molecule has 19 heavy (non-hydrogen) atoms. The lowest BCUT2D eigenvalue weighted by Crippen LogP contribution is -1.84. The van der Waals surface area contributed by atoms with Crippen LogP contribution < -0.4 is 5.73 Å². The van der Waals surface area contributed by atoms with Gasteiger partial charge in [0, 0.05) is 22.2 Å². The second-order valence-corrected chi connectivity index (χ2v) is 5.39. The van der Waals surface area contributed by atoms with Crippen molar-refractivity contribution in [1.82, 2.24) is 4.98 Å². The number of hydrogen-bond acceptors (Lipinski definition) is 3. The van der Waals surface area contributed by atoms with Crippen LogP contribution in [0.3, 0.4) is 0 Å². The Morgan fingerprint density at radius 2 is 1.79 bits per heavy atom. The van der Waals surface area contributed by atoms with Crippen LogP contribution in [-0.2, 0) is 0 Å². The second-order valence-electron chi connectivity index (χ2n) is 4.53. The molecule has 3 heteroatoms. The number of nitrogen functional groups attached to an aromatic ring is 1. The number of benzene rings is 2. The summed E-state index contributed by atoms with van der Waals surface area (Å²) in [5.41, 5.74) is 11.0. The average Bonchev–Trinajstić information content (AvgIpc) is 2.89. The Bertz CT molecular complexity index is 699. The fourth-order valence-electron chi connectivity index (χ4n) is 1.97. The number of nitrogens with two attached hydrogens (primary N) is 1. The lowest BCUT2D eigenvalue weighted by Gasteiger charge is -1.99. The van der Waals surface area contributed by atoms with E-state index in [0.717, 1.165) is 22.0 Å². The van der Waals surface area contributed by atoms with E-state index in [4.69, 9.17) is 10.7 Å². The number of nitrogens with zero attached hydrogens (tertiary/aromatic N) is 1. The molecular formula is C16H14N2S. The molecule has 0 saturated carbocycles. The molecule has 0 fully saturated rings. The van der Waals surface area contributed by atoms with Crippen LogP contribution in [0, 0.1) is 6.92 Å². The van der Waals surface area contributed by atoms with Crippen molar-refractivity contribution in [3.05, 3.63) is 59.5 Å². The molecular weight excluding hydrogens is 252 g/mol. The molecule has 0 unspecified atom stereocenters. The van der Waals surface area contributed by atoms with Crippen molar-refractivity contribution in [2.24, 2.45) is 0 Å². The van der Waals surface area contributed by atoms with E-state index in [1.807, 2.05) is 24.3 Å². The number of anilines is 1. The van der Waals surface area contributed by atoms with Gasteiger partial charge in [0.25, 0.3) is 0 Å². The molecule has 1 aromatic heterocycles. The van der Waals surface area contributed by atoms with Crippen LogP contribution in [-0.4, -0.2) is 4.98 Å². The standard InChI is InChI=1S/C16H14N2S/c1-11-3-2-4-13(9-11)16-18-15(10-19-16)12-5-7-14(17)8-6-12/h2-10H,17H2,1H3. The van der Waals surface area contributed by atoms with Gasteiger partial charge in [0.1, 0.15) is 5.01 Å². The monoisotopic (exact) mass is 266 g/mol. The first-order valence-electron chi connectivity index (χ1n) is 6.11. The van der Waals surface area contributed by atoms with Gasteiger partial charge in [-0.1, -0.05) is 35.9 Å². The molecule has 2 N–H and O–H groups in total. The largest absolute Gasteiger partial charge is 0.399 e. The van der Waals surface area contributed by atoms with Gasteiger partial charge in [0.15, 0.2) is 0 Å². The van der Waals surface area contributed by atoms with Crippen LogP contribution in [0.5, 0.6) is 0 Å². The van der Waals surface area contributed by atoms with E-state index < -0.39 is 0 Å². The Morgan fingerprint density at radius 3 is 2.53 bits per heavy atom. The number of thiazole rings is 1. The molecule has 0 saturated heterocycles. The van der Waals surface area contributed by atoms with Crippen molar-refractivity contribution in [3.63, 3.8) is 0 Å². The van der Waals surface area contributed by atoms with Gasteiger partial charge in [0.2, 0.25) is 0 Å². The summed E-state index contributed by atoms with van der Waals surface area (Å²) in [5.74, 6) is 0. The van der Waals surface area contributed by atoms with Crippen LogP contribution in [0.4, 0.5) is 5.69 Å². The first-order chi connectivity index (χ1) is 9.22. The van der Waals surface area contributed by atoms with Crippen molar-refractivity contribution in [2.75, 3.05) is 5.73 Å². The number of aromatic nitrogens is 1. The van der Waals surface area contributed by atoms with E-state index in [1.165, 1.54) is 11.1 Å². The van der Waals surface area contributed by atoms with Crippen LogP contribution >= 0.6 is 11.3 Å². The average molecular weight is 266 g/mol. The SMILES string of the molecule is Cc1cccc(-c2nc(-c3ccc(N)cc3)cs2)c1. The minimum Gasteiger partial charge on any atom is -0.399 e. The summed E-state index contributed by atoms with van der Waals surface area (Å²) in [7, 11) is 0. The molecule has 94 valence electrons. The van der Waals surface area contributed by atoms with Crippen LogP contribution in [0.25, 0.3) is 21.8 Å². The Kier molecular flexibility index (Phi) is 3.05. The highest BCUT2D eigenvalue weighted by atomic mass is 32.1. The van der Waals surface area contributed by atoms with E-state index >= 15 is 0 Å². The highest BCUT2D eigenvalue weighted by Gasteiger charge is 2.06. The lowest BCUT2D eigenvalue weighted by molar-refractivity contribution is 1.39. The molecule has 0 atom stereocenters. The van der Waals surface area contributed by atoms with E-state index in [9.17, 15) is 0 Å². The molecule has 1 heterocycles. The third kappa shape index (κ3) is 2.51. The van der Waals surface area contributed by atoms with E-state index in [0.29, 0.717) is 0 Å². The van der Waals surface area contributed by atoms with E-state index in [1.54, 1.807) is 11.3 Å². The molecule has 0 aliphatic carbocycles. The van der Waals surface area contributed by atoms with Crippen molar-refractivity contribution in [1.29, 1.82) is 0 Å². The molecule has 3 rings (SSSR count). The fourth-order valence-corrected chi connectivity index (χ4v) is 2.80. The van der Waals surface area contributed by atoms with E-state index in [2.05, 4.69) is 36.6 Å². The maximum absolute atomic E-state index is 5.70. The zero-order valence-corrected chi connectivity index (χ0v) is 11.4. The Balaban J connectivity index is 1.97. The topological polar surface area (TPSA) is 38.9 Å². The van der Waals surface area contributed by atoms with Gasteiger partial charge in [0.05, 0.1) is 5.69 Å². The summed E-state index contributed by atoms with van der Waals surface area (Å²) >= 11 is 1.67. The summed E-state index contributed by atoms with van der Waals surface area (Å²) in [6.07, 6.45) is 0. The fraction of sp³-hybridized carbons (Fsp3) is 0.0625. The Labute approximate surface area is 116 Å². The smallest absolute Gasteiger partial charge is 0.124 e. The first-order valence-corrected chi connectivity index (χ1v) is 6.99. The predicted molar refractivity (Wildman–Crippen MR) is 82.1 cm³/mol. The summed E-state index contributed by atoms with van der Waals surface area (Å²) in [6.45, 7) is 2.10. The molecule has 2 nitrogen and oxygen atoms in total. The van der Waals surface area contributed by atoms with E-state index in [-0.39, 0.29) is 0 Å². The zero-order chi connectivity index (χ0) is 13.2. The zero-order valence-electron chi connectivity index (χ0n) is 10.6. The van der Waals surface area contributed by atoms with Crippen LogP contribution in [0.15, 0.2) is 53.9 Å². The summed E-state index contributed by atoms with van der Waals surface area (Å²) < 4.78 is 0. The quantitative estimate of drug-likeness (QED) is 0.700.